The fourth-order valence-electron chi connectivity index (χ4n) is 1.42. The van der Waals surface area contributed by atoms with Gasteiger partial charge in [0.2, 0.25) is 0 Å². The molecule has 0 aliphatic rings. The molecular formula is C10H10N4. The molecule has 0 saturated heterocycles. The summed E-state index contributed by atoms with van der Waals surface area (Å²) >= 11 is 0. The number of nitriles is 1. The molecule has 2 aromatic heterocycles. The van der Waals surface area contributed by atoms with Crippen LogP contribution in [0.1, 0.15) is 24.9 Å². The zero-order chi connectivity index (χ0) is 9.97. The smallest absolute Gasteiger partial charge is 0.168 e. The number of aromatic amines is 1. The number of nitrogens with one attached hydrogen (secondary N) is 1. The van der Waals surface area contributed by atoms with Crippen LogP contribution in [-0.4, -0.2) is 15.0 Å². The van der Waals surface area contributed by atoms with Crippen LogP contribution in [0.4, 0.5) is 0 Å². The van der Waals surface area contributed by atoms with E-state index in [1.165, 1.54) is 0 Å². The number of fused-ring (bicyclic) bond motifs is 1. The van der Waals surface area contributed by atoms with Crippen molar-refractivity contribution in [1.29, 1.82) is 5.26 Å². The van der Waals surface area contributed by atoms with E-state index in [0.717, 1.165) is 24.2 Å². The number of hydrogen-bond acceptors (Lipinski definition) is 3. The van der Waals surface area contributed by atoms with Crippen LogP contribution in [-0.2, 0) is 6.42 Å². The summed E-state index contributed by atoms with van der Waals surface area (Å²) in [5.41, 5.74) is 1.96. The number of imidazole rings is 1. The molecule has 0 atom stereocenters. The van der Waals surface area contributed by atoms with Gasteiger partial charge in [-0.1, -0.05) is 6.92 Å². The maximum Gasteiger partial charge on any atom is 0.168 e. The molecule has 1 N–H and O–H groups in total. The average Bonchev–Trinajstić information content (AvgIpc) is 2.60. The molecule has 4 nitrogen and oxygen atoms in total. The van der Waals surface area contributed by atoms with Crippen molar-refractivity contribution in [3.05, 3.63) is 23.8 Å². The molecule has 2 aromatic rings. The third-order valence-electron chi connectivity index (χ3n) is 2.04. The predicted molar refractivity (Wildman–Crippen MR) is 52.6 cm³/mol. The minimum Gasteiger partial charge on any atom is -0.342 e. The van der Waals surface area contributed by atoms with Gasteiger partial charge in [0.05, 0.1) is 5.52 Å². The molecule has 0 aliphatic heterocycles. The molecule has 0 amide bonds. The normalized spacial score (nSPS) is 10.3. The summed E-state index contributed by atoms with van der Waals surface area (Å²) in [4.78, 5) is 11.5. The van der Waals surface area contributed by atoms with Gasteiger partial charge in [-0.2, -0.15) is 5.26 Å². The third-order valence-corrected chi connectivity index (χ3v) is 2.04. The van der Waals surface area contributed by atoms with E-state index in [1.807, 2.05) is 12.1 Å². The molecule has 14 heavy (non-hydrogen) atoms. The predicted octanol–water partition coefficient (Wildman–Crippen LogP) is 1.78. The Hall–Kier alpha value is -1.89. The van der Waals surface area contributed by atoms with Crippen LogP contribution in [0.5, 0.6) is 0 Å². The molecular weight excluding hydrogens is 176 g/mol. The second-order valence-corrected chi connectivity index (χ2v) is 3.10. The molecule has 2 heterocycles. The van der Waals surface area contributed by atoms with E-state index in [-0.39, 0.29) is 0 Å². The lowest BCUT2D eigenvalue weighted by molar-refractivity contribution is 0.861. The number of hydrogen-bond donors (Lipinski definition) is 1. The number of nitrogens with zero attached hydrogens (tertiary/aromatic N) is 3. The van der Waals surface area contributed by atoms with E-state index in [4.69, 9.17) is 5.26 Å². The van der Waals surface area contributed by atoms with Gasteiger partial charge in [0.1, 0.15) is 17.4 Å². The van der Waals surface area contributed by atoms with Crippen LogP contribution < -0.4 is 0 Å². The van der Waals surface area contributed by atoms with Crippen LogP contribution in [0.2, 0.25) is 0 Å². The van der Waals surface area contributed by atoms with Crippen LogP contribution in [0.15, 0.2) is 12.3 Å². The lowest BCUT2D eigenvalue weighted by Crippen LogP contribution is -1.85. The first-order chi connectivity index (χ1) is 6.85. The Morgan fingerprint density at radius 2 is 2.43 bits per heavy atom. The zero-order valence-corrected chi connectivity index (χ0v) is 7.91. The van der Waals surface area contributed by atoms with Crippen molar-refractivity contribution < 1.29 is 0 Å². The third kappa shape index (κ3) is 1.33. The van der Waals surface area contributed by atoms with Crippen molar-refractivity contribution in [3.8, 4) is 6.07 Å². The van der Waals surface area contributed by atoms with Gasteiger partial charge in [0, 0.05) is 12.6 Å². The van der Waals surface area contributed by atoms with Gasteiger partial charge in [-0.15, -0.1) is 0 Å². The molecule has 0 aromatic carbocycles. The van der Waals surface area contributed by atoms with Gasteiger partial charge in [-0.25, -0.2) is 9.97 Å². The van der Waals surface area contributed by atoms with E-state index in [9.17, 15) is 0 Å². The number of aryl methyl sites for hydroxylation is 1. The van der Waals surface area contributed by atoms with E-state index in [0.29, 0.717) is 11.2 Å². The SMILES string of the molecule is CCCc1nc2c(C#N)nccc2[nH]1. The summed E-state index contributed by atoms with van der Waals surface area (Å²) in [5.74, 6) is 0.923. The summed E-state index contributed by atoms with van der Waals surface area (Å²) in [5, 5.41) is 8.81. The Kier molecular flexibility index (Phi) is 2.15. The Bertz CT molecular complexity index is 492. The molecule has 70 valence electrons. The second-order valence-electron chi connectivity index (χ2n) is 3.10. The van der Waals surface area contributed by atoms with Gasteiger partial charge in [-0.3, -0.25) is 0 Å². The summed E-state index contributed by atoms with van der Waals surface area (Å²) in [7, 11) is 0. The molecule has 0 fully saturated rings. The Balaban J connectivity index is 2.60. The largest absolute Gasteiger partial charge is 0.342 e. The first-order valence-corrected chi connectivity index (χ1v) is 4.59. The highest BCUT2D eigenvalue weighted by Crippen LogP contribution is 2.13. The molecule has 2 rings (SSSR count). The minimum absolute atomic E-state index is 0.390. The first kappa shape index (κ1) is 8.70. The number of aromatic nitrogens is 3. The van der Waals surface area contributed by atoms with Crippen LogP contribution >= 0.6 is 0 Å². The van der Waals surface area contributed by atoms with Gasteiger partial charge >= 0.3 is 0 Å². The van der Waals surface area contributed by atoms with Crippen molar-refractivity contribution in [1.82, 2.24) is 15.0 Å². The van der Waals surface area contributed by atoms with Crippen molar-refractivity contribution in [2.45, 2.75) is 19.8 Å². The summed E-state index contributed by atoms with van der Waals surface area (Å²) in [6.07, 6.45) is 3.56. The van der Waals surface area contributed by atoms with Gasteiger partial charge in [0.15, 0.2) is 5.69 Å². The maximum atomic E-state index is 8.81. The minimum atomic E-state index is 0.390. The quantitative estimate of drug-likeness (QED) is 0.777. The molecule has 0 aliphatic carbocycles. The topological polar surface area (TPSA) is 65.4 Å². The number of pyridine rings is 1. The highest BCUT2D eigenvalue weighted by molar-refractivity contribution is 5.79. The average molecular weight is 186 g/mol. The molecule has 0 radical (unpaired) electrons. The fraction of sp³-hybridized carbons (Fsp3) is 0.300. The monoisotopic (exact) mass is 186 g/mol. The summed E-state index contributed by atoms with van der Waals surface area (Å²) in [6.45, 7) is 2.09. The summed E-state index contributed by atoms with van der Waals surface area (Å²) < 4.78 is 0. The highest BCUT2D eigenvalue weighted by Gasteiger charge is 2.06. The Morgan fingerprint density at radius 1 is 1.57 bits per heavy atom. The van der Waals surface area contributed by atoms with E-state index >= 15 is 0 Å². The van der Waals surface area contributed by atoms with Gasteiger partial charge < -0.3 is 4.98 Å². The second kappa shape index (κ2) is 3.46. The van der Waals surface area contributed by atoms with Crippen molar-refractivity contribution >= 4 is 11.0 Å². The van der Waals surface area contributed by atoms with E-state index in [1.54, 1.807) is 6.20 Å². The van der Waals surface area contributed by atoms with Crippen LogP contribution in [0.25, 0.3) is 11.0 Å². The number of H-pyrrole nitrogens is 1. The maximum absolute atomic E-state index is 8.81. The molecule has 4 heteroatoms. The van der Waals surface area contributed by atoms with Crippen LogP contribution in [0, 0.1) is 11.3 Å². The van der Waals surface area contributed by atoms with Crippen molar-refractivity contribution in [2.24, 2.45) is 0 Å². The summed E-state index contributed by atoms with van der Waals surface area (Å²) in [6, 6.07) is 3.87. The molecule has 0 saturated carbocycles. The lowest BCUT2D eigenvalue weighted by Gasteiger charge is -1.87. The molecule has 0 unspecified atom stereocenters. The standard InChI is InChI=1S/C10H10N4/c1-2-3-9-13-7-4-5-12-8(6-11)10(7)14-9/h4-5H,2-3H2,1H3,(H,13,14). The lowest BCUT2D eigenvalue weighted by atomic mass is 10.3. The highest BCUT2D eigenvalue weighted by atomic mass is 14.9. The zero-order valence-electron chi connectivity index (χ0n) is 7.91. The van der Waals surface area contributed by atoms with Crippen molar-refractivity contribution in [2.75, 3.05) is 0 Å². The molecule has 0 spiro atoms. The van der Waals surface area contributed by atoms with Crippen molar-refractivity contribution in [3.63, 3.8) is 0 Å². The van der Waals surface area contributed by atoms with Gasteiger partial charge in [-0.05, 0) is 12.5 Å². The Morgan fingerprint density at radius 3 is 3.14 bits per heavy atom. The fourth-order valence-corrected chi connectivity index (χ4v) is 1.42. The van der Waals surface area contributed by atoms with Gasteiger partial charge in [0.25, 0.3) is 0 Å². The van der Waals surface area contributed by atoms with E-state index < -0.39 is 0 Å². The first-order valence-electron chi connectivity index (χ1n) is 4.59. The number of rotatable bonds is 2. The Labute approximate surface area is 81.6 Å². The molecule has 0 bridgehead atoms. The van der Waals surface area contributed by atoms with E-state index in [2.05, 4.69) is 21.9 Å². The van der Waals surface area contributed by atoms with Crippen LogP contribution in [0.3, 0.4) is 0 Å².